The number of aliphatic hydroxyl groups is 1. The molecule has 0 radical (unpaired) electrons. The lowest BCUT2D eigenvalue weighted by molar-refractivity contribution is -0.134. The zero-order valence-corrected chi connectivity index (χ0v) is 14.8. The SMILES string of the molecule is CC1CC(O)(c2ccc3ncc(C4CCC(=O)NC4=O)cc3c2)CCN1. The molecule has 2 aliphatic rings. The molecule has 26 heavy (non-hydrogen) atoms. The Morgan fingerprint density at radius 3 is 2.88 bits per heavy atom. The lowest BCUT2D eigenvalue weighted by atomic mass is 9.81. The van der Waals surface area contributed by atoms with Gasteiger partial charge < -0.3 is 10.4 Å². The van der Waals surface area contributed by atoms with Crippen molar-refractivity contribution in [2.45, 2.75) is 50.2 Å². The van der Waals surface area contributed by atoms with E-state index in [4.69, 9.17) is 0 Å². The highest BCUT2D eigenvalue weighted by atomic mass is 16.3. The van der Waals surface area contributed by atoms with E-state index in [9.17, 15) is 14.7 Å². The fourth-order valence-corrected chi connectivity index (χ4v) is 4.11. The van der Waals surface area contributed by atoms with E-state index >= 15 is 0 Å². The second kappa shape index (κ2) is 6.45. The molecule has 2 amide bonds. The van der Waals surface area contributed by atoms with Gasteiger partial charge in [-0.2, -0.15) is 0 Å². The van der Waals surface area contributed by atoms with Gasteiger partial charge in [-0.05, 0) is 62.1 Å². The normalized spacial score (nSPS) is 29.6. The van der Waals surface area contributed by atoms with E-state index in [2.05, 4.69) is 22.5 Å². The summed E-state index contributed by atoms with van der Waals surface area (Å²) in [6.07, 6.45) is 3.90. The number of fused-ring (bicyclic) bond motifs is 1. The molecule has 0 bridgehead atoms. The molecule has 3 N–H and O–H groups in total. The van der Waals surface area contributed by atoms with Gasteiger partial charge in [0.25, 0.3) is 0 Å². The molecular weight excluding hydrogens is 330 g/mol. The largest absolute Gasteiger partial charge is 0.385 e. The molecule has 3 heterocycles. The first kappa shape index (κ1) is 17.1. The molecule has 3 atom stereocenters. The lowest BCUT2D eigenvalue weighted by Crippen LogP contribution is -2.44. The predicted octanol–water partition coefficient (Wildman–Crippen LogP) is 1.71. The van der Waals surface area contributed by atoms with Gasteiger partial charge in [-0.15, -0.1) is 0 Å². The summed E-state index contributed by atoms with van der Waals surface area (Å²) in [5, 5.41) is 17.8. The molecule has 3 unspecified atom stereocenters. The maximum atomic E-state index is 12.1. The van der Waals surface area contributed by atoms with E-state index in [1.165, 1.54) is 0 Å². The lowest BCUT2D eigenvalue weighted by Gasteiger charge is -2.36. The van der Waals surface area contributed by atoms with Gasteiger partial charge in [0, 0.05) is 24.0 Å². The van der Waals surface area contributed by atoms with E-state index in [1.54, 1.807) is 6.20 Å². The third-order valence-electron chi connectivity index (χ3n) is 5.56. The number of hydrogen-bond donors (Lipinski definition) is 3. The zero-order valence-electron chi connectivity index (χ0n) is 14.8. The Bertz CT molecular complexity index is 882. The van der Waals surface area contributed by atoms with Crippen molar-refractivity contribution in [2.24, 2.45) is 0 Å². The maximum absolute atomic E-state index is 12.1. The molecule has 6 nitrogen and oxygen atoms in total. The fourth-order valence-electron chi connectivity index (χ4n) is 4.11. The number of aromatic nitrogens is 1. The average molecular weight is 353 g/mol. The number of amides is 2. The van der Waals surface area contributed by atoms with Crippen LogP contribution in [0.4, 0.5) is 0 Å². The van der Waals surface area contributed by atoms with Gasteiger partial charge in [0.1, 0.15) is 0 Å². The smallest absolute Gasteiger partial charge is 0.234 e. The Morgan fingerprint density at radius 1 is 1.27 bits per heavy atom. The molecule has 1 aromatic heterocycles. The van der Waals surface area contributed by atoms with Gasteiger partial charge in [0.2, 0.25) is 11.8 Å². The standard InChI is InChI=1S/C20H23N3O3/c1-12-10-20(26,6-7-21-12)15-2-4-17-13(9-15)8-14(11-22-17)16-3-5-18(24)23-19(16)25/h2,4,8-9,11-12,16,21,26H,3,5-7,10H2,1H3,(H,23,24,25). The first-order valence-electron chi connectivity index (χ1n) is 9.14. The van der Waals surface area contributed by atoms with Crippen molar-refractivity contribution in [1.29, 1.82) is 0 Å². The first-order valence-corrected chi connectivity index (χ1v) is 9.14. The van der Waals surface area contributed by atoms with Crippen LogP contribution in [-0.4, -0.2) is 34.5 Å². The van der Waals surface area contributed by atoms with Crippen molar-refractivity contribution in [3.8, 4) is 0 Å². The molecule has 2 fully saturated rings. The number of nitrogens with one attached hydrogen (secondary N) is 2. The van der Waals surface area contributed by atoms with E-state index in [-0.39, 0.29) is 23.8 Å². The number of imide groups is 1. The number of benzene rings is 1. The number of carbonyl (C=O) groups is 2. The number of carbonyl (C=O) groups excluding carboxylic acids is 2. The Labute approximate surface area is 152 Å². The molecular formula is C20H23N3O3. The summed E-state index contributed by atoms with van der Waals surface area (Å²) < 4.78 is 0. The van der Waals surface area contributed by atoms with Crippen LogP contribution in [0.15, 0.2) is 30.5 Å². The summed E-state index contributed by atoms with van der Waals surface area (Å²) in [6, 6.07) is 8.07. The molecule has 6 heteroatoms. The monoisotopic (exact) mass is 353 g/mol. The minimum atomic E-state index is -0.844. The van der Waals surface area contributed by atoms with Crippen molar-refractivity contribution in [2.75, 3.05) is 6.54 Å². The van der Waals surface area contributed by atoms with Crippen molar-refractivity contribution < 1.29 is 14.7 Å². The van der Waals surface area contributed by atoms with Crippen LogP contribution < -0.4 is 10.6 Å². The average Bonchev–Trinajstić information content (AvgIpc) is 2.60. The van der Waals surface area contributed by atoms with Gasteiger partial charge in [-0.1, -0.05) is 6.07 Å². The highest BCUT2D eigenvalue weighted by Crippen LogP contribution is 2.35. The topological polar surface area (TPSA) is 91.3 Å². The van der Waals surface area contributed by atoms with Gasteiger partial charge in [0.15, 0.2) is 0 Å². The zero-order chi connectivity index (χ0) is 18.3. The Kier molecular flexibility index (Phi) is 4.25. The van der Waals surface area contributed by atoms with E-state index in [0.717, 1.165) is 28.6 Å². The summed E-state index contributed by atoms with van der Waals surface area (Å²) >= 11 is 0. The third kappa shape index (κ3) is 3.10. The number of hydrogen-bond acceptors (Lipinski definition) is 5. The van der Waals surface area contributed by atoms with E-state index < -0.39 is 5.60 Å². The fraction of sp³-hybridized carbons (Fsp3) is 0.450. The van der Waals surface area contributed by atoms with Crippen LogP contribution in [0.3, 0.4) is 0 Å². The summed E-state index contributed by atoms with van der Waals surface area (Å²) in [4.78, 5) is 28.0. The summed E-state index contributed by atoms with van der Waals surface area (Å²) in [6.45, 7) is 2.86. The number of rotatable bonds is 2. The van der Waals surface area contributed by atoms with Crippen LogP contribution in [-0.2, 0) is 15.2 Å². The van der Waals surface area contributed by atoms with Crippen LogP contribution in [0.2, 0.25) is 0 Å². The summed E-state index contributed by atoms with van der Waals surface area (Å²) in [5.41, 5.74) is 1.69. The molecule has 0 aliphatic carbocycles. The van der Waals surface area contributed by atoms with Crippen LogP contribution >= 0.6 is 0 Å². The summed E-state index contributed by atoms with van der Waals surface area (Å²) in [7, 11) is 0. The minimum absolute atomic E-state index is 0.218. The predicted molar refractivity (Wildman–Crippen MR) is 97.5 cm³/mol. The van der Waals surface area contributed by atoms with Crippen LogP contribution in [0, 0.1) is 0 Å². The Morgan fingerprint density at radius 2 is 2.12 bits per heavy atom. The molecule has 2 aromatic rings. The van der Waals surface area contributed by atoms with Gasteiger partial charge in [-0.25, -0.2) is 0 Å². The molecule has 2 aliphatic heterocycles. The van der Waals surface area contributed by atoms with Gasteiger partial charge in [0.05, 0.1) is 17.0 Å². The highest BCUT2D eigenvalue weighted by molar-refractivity contribution is 6.01. The quantitative estimate of drug-likeness (QED) is 0.715. The molecule has 136 valence electrons. The third-order valence-corrected chi connectivity index (χ3v) is 5.56. The number of piperidine rings is 2. The van der Waals surface area contributed by atoms with Crippen LogP contribution in [0.1, 0.15) is 49.7 Å². The second-order valence-corrected chi connectivity index (χ2v) is 7.52. The van der Waals surface area contributed by atoms with Gasteiger partial charge >= 0.3 is 0 Å². The number of pyridine rings is 1. The van der Waals surface area contributed by atoms with E-state index in [0.29, 0.717) is 25.7 Å². The first-order chi connectivity index (χ1) is 12.4. The van der Waals surface area contributed by atoms with Crippen LogP contribution in [0.25, 0.3) is 10.9 Å². The van der Waals surface area contributed by atoms with Crippen LogP contribution in [0.5, 0.6) is 0 Å². The van der Waals surface area contributed by atoms with E-state index in [1.807, 2.05) is 24.3 Å². The molecule has 0 spiro atoms. The highest BCUT2D eigenvalue weighted by Gasteiger charge is 2.34. The molecule has 2 saturated heterocycles. The molecule has 1 aromatic carbocycles. The van der Waals surface area contributed by atoms with Crippen molar-refractivity contribution >= 4 is 22.7 Å². The van der Waals surface area contributed by atoms with Crippen molar-refractivity contribution in [3.63, 3.8) is 0 Å². The van der Waals surface area contributed by atoms with Crippen molar-refractivity contribution in [3.05, 3.63) is 41.6 Å². The minimum Gasteiger partial charge on any atom is -0.385 e. The van der Waals surface area contributed by atoms with Crippen molar-refractivity contribution in [1.82, 2.24) is 15.6 Å². The van der Waals surface area contributed by atoms with Gasteiger partial charge in [-0.3, -0.25) is 19.9 Å². The summed E-state index contributed by atoms with van der Waals surface area (Å²) in [5.74, 6) is -0.829. The molecule has 4 rings (SSSR count). The number of nitrogens with zero attached hydrogens (tertiary/aromatic N) is 1. The Hall–Kier alpha value is -2.31. The maximum Gasteiger partial charge on any atom is 0.234 e. The molecule has 0 saturated carbocycles. The second-order valence-electron chi connectivity index (χ2n) is 7.52. The Balaban J connectivity index is 1.69.